The first kappa shape index (κ1) is 10.8. The van der Waals surface area contributed by atoms with Crippen LogP contribution in [0.25, 0.3) is 0 Å². The molecule has 0 saturated carbocycles. The van der Waals surface area contributed by atoms with Gasteiger partial charge < -0.3 is 24.0 Å². The van der Waals surface area contributed by atoms with E-state index in [9.17, 15) is 0 Å². The first-order chi connectivity index (χ1) is 4.18. The van der Waals surface area contributed by atoms with E-state index in [1.165, 1.54) is 0 Å². The van der Waals surface area contributed by atoms with Crippen LogP contribution in [0.4, 0.5) is 0 Å². The average molecular weight is 379 g/mol. The van der Waals surface area contributed by atoms with Crippen molar-refractivity contribution in [3.8, 4) is 0 Å². The summed E-state index contributed by atoms with van der Waals surface area (Å²) in [5.41, 5.74) is 0. The first-order valence-electron chi connectivity index (χ1n) is 2.50. The summed E-state index contributed by atoms with van der Waals surface area (Å²) in [6.07, 6.45) is 3.98. The summed E-state index contributed by atoms with van der Waals surface area (Å²) in [7, 11) is 1.98. The molecule has 10 heavy (non-hydrogen) atoms. The summed E-state index contributed by atoms with van der Waals surface area (Å²) >= 11 is 6.72. The Labute approximate surface area is 94.1 Å². The molecule has 0 saturated heterocycles. The minimum Gasteiger partial charge on any atom is -1.00 e. The third-order valence-corrected chi connectivity index (χ3v) is 1.80. The maximum Gasteiger partial charge on any atom is 0.182 e. The van der Waals surface area contributed by atoms with Crippen molar-refractivity contribution in [3.05, 3.63) is 27.4 Å². The first-order valence-corrected chi connectivity index (χ1v) is 4.08. The smallest absolute Gasteiger partial charge is 0.182 e. The van der Waals surface area contributed by atoms with E-state index in [1.54, 1.807) is 0 Å². The van der Waals surface area contributed by atoms with Gasteiger partial charge in [-0.2, -0.15) is 0 Å². The van der Waals surface area contributed by atoms with Gasteiger partial charge in [0.1, 0.15) is 7.05 Å². The van der Waals surface area contributed by atoms with Crippen LogP contribution in [-0.2, 0) is 7.05 Å². The van der Waals surface area contributed by atoms with E-state index in [0.29, 0.717) is 0 Å². The Bertz CT molecular complexity index is 177. The molecule has 0 aromatic carbocycles. The molecular weight excluding hydrogens is 373 g/mol. The molecule has 1 aromatic rings. The van der Waals surface area contributed by atoms with Gasteiger partial charge in [-0.1, -0.05) is 0 Å². The number of hydrogen-bond acceptors (Lipinski definition) is 0. The van der Waals surface area contributed by atoms with Crippen LogP contribution in [0.2, 0.25) is 0 Å². The summed E-state index contributed by atoms with van der Waals surface area (Å²) in [6.45, 7) is 0. The predicted octanol–water partition coefficient (Wildman–Crippen LogP) is -0.960. The zero-order chi connectivity index (χ0) is 6.85. The maximum atomic E-state index is 3.36. The Hall–Kier alpha value is 0.840. The third-order valence-electron chi connectivity index (χ3n) is 0.930. The van der Waals surface area contributed by atoms with Gasteiger partial charge in [-0.25, -0.2) is 4.57 Å². The minimum atomic E-state index is 0. The summed E-state index contributed by atoms with van der Waals surface area (Å²) in [6, 6.07) is 2.00. The normalized spacial score (nSPS) is 8.70. The second kappa shape index (κ2) is 4.66. The molecular formula is C6H6Br2IN. The van der Waals surface area contributed by atoms with E-state index >= 15 is 0 Å². The van der Waals surface area contributed by atoms with E-state index in [0.717, 1.165) is 8.95 Å². The molecule has 0 radical (unpaired) electrons. The monoisotopic (exact) mass is 377 g/mol. The molecule has 1 rings (SSSR count). The molecule has 0 atom stereocenters. The molecule has 0 spiro atoms. The van der Waals surface area contributed by atoms with Crippen molar-refractivity contribution in [1.29, 1.82) is 0 Å². The number of aryl methyl sites for hydroxylation is 1. The number of rotatable bonds is 0. The van der Waals surface area contributed by atoms with Gasteiger partial charge in [0, 0.05) is 0 Å². The number of nitrogens with zero attached hydrogens (tertiary/aromatic N) is 1. The molecule has 0 unspecified atom stereocenters. The molecule has 0 bridgehead atoms. The zero-order valence-electron chi connectivity index (χ0n) is 5.31. The molecule has 4 heteroatoms. The van der Waals surface area contributed by atoms with Gasteiger partial charge in [-0.3, -0.25) is 0 Å². The van der Waals surface area contributed by atoms with Crippen LogP contribution in [0.3, 0.4) is 0 Å². The molecule has 0 aliphatic heterocycles. The van der Waals surface area contributed by atoms with Crippen molar-refractivity contribution in [2.75, 3.05) is 0 Å². The quantitative estimate of drug-likeness (QED) is 0.404. The van der Waals surface area contributed by atoms with Gasteiger partial charge in [0.15, 0.2) is 12.4 Å². The second-order valence-corrected chi connectivity index (χ2v) is 3.67. The van der Waals surface area contributed by atoms with Gasteiger partial charge in [0.2, 0.25) is 0 Å². The summed E-state index contributed by atoms with van der Waals surface area (Å²) in [4.78, 5) is 0. The fraction of sp³-hybridized carbons (Fsp3) is 0.167. The van der Waals surface area contributed by atoms with Crippen molar-refractivity contribution in [1.82, 2.24) is 0 Å². The van der Waals surface area contributed by atoms with Crippen LogP contribution in [-0.4, -0.2) is 0 Å². The highest BCUT2D eigenvalue weighted by atomic mass is 127. The zero-order valence-corrected chi connectivity index (χ0v) is 10.6. The van der Waals surface area contributed by atoms with Crippen LogP contribution < -0.4 is 28.5 Å². The van der Waals surface area contributed by atoms with Crippen molar-refractivity contribution >= 4 is 31.9 Å². The van der Waals surface area contributed by atoms with Crippen LogP contribution in [0, 0.1) is 0 Å². The minimum absolute atomic E-state index is 0. The van der Waals surface area contributed by atoms with E-state index in [2.05, 4.69) is 31.9 Å². The number of hydrogen-bond donors (Lipinski definition) is 0. The molecule has 1 aromatic heterocycles. The van der Waals surface area contributed by atoms with E-state index < -0.39 is 0 Å². The predicted molar refractivity (Wildman–Crippen MR) is 43.0 cm³/mol. The molecule has 0 aliphatic rings. The summed E-state index contributed by atoms with van der Waals surface area (Å²) in [5, 5.41) is 0. The second-order valence-electron chi connectivity index (χ2n) is 1.84. The van der Waals surface area contributed by atoms with Crippen molar-refractivity contribution in [2.45, 2.75) is 0 Å². The number of halogens is 3. The average Bonchev–Trinajstić information content (AvgIpc) is 1.59. The molecule has 0 N–H and O–H groups in total. The van der Waals surface area contributed by atoms with Crippen LogP contribution >= 0.6 is 31.9 Å². The van der Waals surface area contributed by atoms with Gasteiger partial charge in [-0.05, 0) is 37.9 Å². The Kier molecular flexibility index (Phi) is 5.06. The van der Waals surface area contributed by atoms with E-state index in [1.807, 2.05) is 30.1 Å². The van der Waals surface area contributed by atoms with Crippen molar-refractivity contribution in [2.24, 2.45) is 7.05 Å². The fourth-order valence-corrected chi connectivity index (χ4v) is 2.08. The molecule has 0 fully saturated rings. The Morgan fingerprint density at radius 1 is 1.20 bits per heavy atom. The van der Waals surface area contributed by atoms with Crippen LogP contribution in [0.1, 0.15) is 0 Å². The van der Waals surface area contributed by atoms with Gasteiger partial charge >= 0.3 is 0 Å². The highest BCUT2D eigenvalue weighted by Crippen LogP contribution is 2.12. The maximum absolute atomic E-state index is 3.36. The van der Waals surface area contributed by atoms with E-state index in [-0.39, 0.29) is 24.0 Å². The summed E-state index contributed by atoms with van der Waals surface area (Å²) < 4.78 is 4.15. The van der Waals surface area contributed by atoms with E-state index in [4.69, 9.17) is 0 Å². The third kappa shape index (κ3) is 3.30. The van der Waals surface area contributed by atoms with Crippen LogP contribution in [0.5, 0.6) is 0 Å². The molecule has 1 nitrogen and oxygen atoms in total. The lowest BCUT2D eigenvalue weighted by atomic mass is 10.5. The largest absolute Gasteiger partial charge is 1.00 e. The SMILES string of the molecule is C[n+]1cc(Br)cc(Br)c1.[I-]. The van der Waals surface area contributed by atoms with Crippen molar-refractivity contribution in [3.63, 3.8) is 0 Å². The molecule has 0 aliphatic carbocycles. The number of pyridine rings is 1. The molecule has 1 heterocycles. The van der Waals surface area contributed by atoms with Crippen molar-refractivity contribution < 1.29 is 28.5 Å². The lowest BCUT2D eigenvalue weighted by Gasteiger charge is -1.88. The highest BCUT2D eigenvalue weighted by Gasteiger charge is 1.96. The number of aromatic nitrogens is 1. The molecule has 56 valence electrons. The molecule has 0 amide bonds. The Morgan fingerprint density at radius 3 is 1.90 bits per heavy atom. The van der Waals surface area contributed by atoms with Gasteiger partial charge in [0.05, 0.1) is 8.95 Å². The lowest BCUT2D eigenvalue weighted by Crippen LogP contribution is -3.00. The fourth-order valence-electron chi connectivity index (χ4n) is 0.633. The van der Waals surface area contributed by atoms with Gasteiger partial charge in [-0.15, -0.1) is 0 Å². The van der Waals surface area contributed by atoms with Crippen LogP contribution in [0.15, 0.2) is 27.4 Å². The standard InChI is InChI=1S/C6H6Br2N.HI/c1-9-3-5(7)2-6(8)4-9;/h2-4H,1H3;1H/q+1;/p-1. The summed E-state index contributed by atoms with van der Waals surface area (Å²) in [5.74, 6) is 0. The lowest BCUT2D eigenvalue weighted by molar-refractivity contribution is -0.672. The Balaban J connectivity index is 0.000000810. The Morgan fingerprint density at radius 2 is 1.60 bits per heavy atom. The van der Waals surface area contributed by atoms with Gasteiger partial charge in [0.25, 0.3) is 0 Å². The highest BCUT2D eigenvalue weighted by molar-refractivity contribution is 9.11. The topological polar surface area (TPSA) is 3.88 Å².